The minimum absolute atomic E-state index is 0.0492. The Kier molecular flexibility index (Phi) is 19.9. The number of methoxy groups -OCH3 is 1. The molecule has 0 spiro atoms. The van der Waals surface area contributed by atoms with Crippen LogP contribution in [0.25, 0.3) is 0 Å². The van der Waals surface area contributed by atoms with Gasteiger partial charge in [0.05, 0.1) is 18.4 Å². The van der Waals surface area contributed by atoms with E-state index in [0.717, 1.165) is 80.9 Å². The molecule has 6 unspecified atom stereocenters. The average molecular weight is 734 g/mol. The first kappa shape index (κ1) is 43.4. The van der Waals surface area contributed by atoms with E-state index >= 15 is 0 Å². The number of hydrogen-bond donors (Lipinski definition) is 2. The van der Waals surface area contributed by atoms with Gasteiger partial charge < -0.3 is 29.2 Å². The van der Waals surface area contributed by atoms with Crippen molar-refractivity contribution in [2.45, 2.75) is 84.3 Å². The Morgan fingerprint density at radius 3 is 2.54 bits per heavy atom. The van der Waals surface area contributed by atoms with E-state index in [-0.39, 0.29) is 12.0 Å². The van der Waals surface area contributed by atoms with E-state index in [9.17, 15) is 14.1 Å². The average Bonchev–Trinajstić information content (AvgIpc) is 3.26. The van der Waals surface area contributed by atoms with Gasteiger partial charge in [0.2, 0.25) is 0 Å². The van der Waals surface area contributed by atoms with Crippen LogP contribution in [0.1, 0.15) is 88.5 Å². The number of aliphatic hydroxyl groups is 1. The summed E-state index contributed by atoms with van der Waals surface area (Å²) >= 11 is 6.45. The molecule has 280 valence electrons. The van der Waals surface area contributed by atoms with Crippen molar-refractivity contribution in [3.8, 4) is 5.75 Å². The van der Waals surface area contributed by atoms with Crippen molar-refractivity contribution in [3.05, 3.63) is 70.3 Å². The number of aliphatic hydroxyl groups excluding tert-OH is 1. The maximum absolute atomic E-state index is 12.6. The molecule has 2 aliphatic rings. The largest absolute Gasteiger partial charge is 0.491 e. The molecule has 1 heterocycles. The van der Waals surface area contributed by atoms with Crippen LogP contribution in [0.15, 0.2) is 48.6 Å². The van der Waals surface area contributed by atoms with E-state index in [0.29, 0.717) is 24.0 Å². The molecule has 6 atom stereocenters. The number of ether oxygens (including phenoxy) is 2. The summed E-state index contributed by atoms with van der Waals surface area (Å²) in [6, 6.07) is 11.6. The lowest BCUT2D eigenvalue weighted by molar-refractivity contribution is -0.127. The standard InChI is InChI=1S/C35H50ClN3O5S.C2H4O.C2H6/c1-6-7-10-24-19-28(36)14-16-29(24)27-22-39(21-26-12-15-30(26)32(43-4)11-8-9-18-38(2)3)31-20-25(13-17-33(31)44-23-27)34(40)35(41)37-45(5)42;1-2-3;1-2/h8,11,13-14,16-17,19-20,26-27,30,32,34,40H,6-7,9-10,12,15,18,21-23H2,1-5H3,(H,37,41);2H,1H3;1-2H3/b11-8+;;. The van der Waals surface area contributed by atoms with Gasteiger partial charge in [0.25, 0.3) is 5.91 Å². The lowest BCUT2D eigenvalue weighted by atomic mass is 9.70. The van der Waals surface area contributed by atoms with Crippen molar-refractivity contribution in [3.63, 3.8) is 0 Å². The third-order valence-electron chi connectivity index (χ3n) is 9.05. The summed E-state index contributed by atoms with van der Waals surface area (Å²) in [6.07, 6.45) is 11.5. The number of hydrogen-bond acceptors (Lipinski definition) is 8. The van der Waals surface area contributed by atoms with Crippen LogP contribution in [0.5, 0.6) is 5.75 Å². The number of anilines is 1. The van der Waals surface area contributed by atoms with Gasteiger partial charge in [0.15, 0.2) is 6.10 Å². The van der Waals surface area contributed by atoms with Gasteiger partial charge in [-0.25, -0.2) is 4.21 Å². The molecule has 1 saturated carbocycles. The fourth-order valence-corrected chi connectivity index (χ4v) is 7.03. The zero-order valence-corrected chi connectivity index (χ0v) is 32.9. The summed E-state index contributed by atoms with van der Waals surface area (Å²) in [7, 11) is 4.38. The molecule has 4 rings (SSSR count). The summed E-state index contributed by atoms with van der Waals surface area (Å²) in [6.45, 7) is 10.7. The molecule has 1 fully saturated rings. The molecule has 2 N–H and O–H groups in total. The molecule has 1 amide bonds. The van der Waals surface area contributed by atoms with E-state index in [1.54, 1.807) is 13.2 Å². The van der Waals surface area contributed by atoms with Crippen LogP contribution in [0.3, 0.4) is 0 Å². The predicted molar refractivity (Wildman–Crippen MR) is 207 cm³/mol. The van der Waals surface area contributed by atoms with Crippen LogP contribution in [0, 0.1) is 11.8 Å². The van der Waals surface area contributed by atoms with Gasteiger partial charge in [-0.2, -0.15) is 0 Å². The molecule has 0 radical (unpaired) electrons. The first-order valence-corrected chi connectivity index (χ1v) is 19.8. The molecule has 2 aromatic rings. The maximum Gasteiger partial charge on any atom is 0.265 e. The summed E-state index contributed by atoms with van der Waals surface area (Å²) in [5, 5.41) is 11.6. The van der Waals surface area contributed by atoms with Gasteiger partial charge in [0, 0.05) is 43.9 Å². The Morgan fingerprint density at radius 1 is 1.22 bits per heavy atom. The van der Waals surface area contributed by atoms with Crippen molar-refractivity contribution in [1.29, 1.82) is 0 Å². The second-order valence-corrected chi connectivity index (χ2v) is 14.4. The highest BCUT2D eigenvalue weighted by molar-refractivity contribution is 7.82. The Balaban J connectivity index is 0.00000164. The fourth-order valence-electron chi connectivity index (χ4n) is 6.44. The number of benzene rings is 2. The highest BCUT2D eigenvalue weighted by Crippen LogP contribution is 2.43. The van der Waals surface area contributed by atoms with Crippen molar-refractivity contribution in [1.82, 2.24) is 9.62 Å². The molecular weight excluding hydrogens is 674 g/mol. The summed E-state index contributed by atoms with van der Waals surface area (Å²) in [4.78, 5) is 25.9. The van der Waals surface area contributed by atoms with Gasteiger partial charge in [-0.15, -0.1) is 0 Å². The van der Waals surface area contributed by atoms with E-state index in [2.05, 4.69) is 59.8 Å². The van der Waals surface area contributed by atoms with Crippen molar-refractivity contribution in [2.75, 3.05) is 58.6 Å². The number of amides is 1. The lowest BCUT2D eigenvalue weighted by Gasteiger charge is -2.43. The zero-order chi connectivity index (χ0) is 37.2. The second kappa shape index (κ2) is 22.9. The molecule has 1 aliphatic heterocycles. The third-order valence-corrected chi connectivity index (χ3v) is 9.78. The predicted octanol–water partition coefficient (Wildman–Crippen LogP) is 6.89. The number of nitrogens with one attached hydrogen (secondary N) is 1. The van der Waals surface area contributed by atoms with E-state index < -0.39 is 23.0 Å². The van der Waals surface area contributed by atoms with Crippen LogP contribution in [-0.4, -0.2) is 86.2 Å². The Labute approximate surface area is 308 Å². The zero-order valence-electron chi connectivity index (χ0n) is 31.3. The monoisotopic (exact) mass is 733 g/mol. The molecule has 9 nitrogen and oxygen atoms in total. The Bertz CT molecular complexity index is 1390. The SMILES string of the molecule is CC.CC=O.CCCCc1cc(Cl)ccc1C1COc2ccc(C(O)C(=O)NS(C)=O)cc2N(CC2CCC2C(/C=C/CCN(C)C)OC)C1. The maximum atomic E-state index is 12.6. The molecule has 1 aliphatic carbocycles. The number of aldehydes is 1. The summed E-state index contributed by atoms with van der Waals surface area (Å²) in [5.41, 5.74) is 3.79. The smallest absolute Gasteiger partial charge is 0.265 e. The minimum atomic E-state index is -1.58. The number of unbranched alkanes of at least 4 members (excludes halogenated alkanes) is 1. The van der Waals surface area contributed by atoms with Crippen LogP contribution < -0.4 is 14.4 Å². The first-order chi connectivity index (χ1) is 24.0. The topological polar surface area (TPSA) is 108 Å². The van der Waals surface area contributed by atoms with Gasteiger partial charge >= 0.3 is 0 Å². The number of rotatable bonds is 15. The summed E-state index contributed by atoms with van der Waals surface area (Å²) < 4.78 is 26.4. The highest BCUT2D eigenvalue weighted by atomic mass is 35.5. The molecule has 11 heteroatoms. The van der Waals surface area contributed by atoms with Gasteiger partial charge in [0.1, 0.15) is 23.0 Å². The first-order valence-electron chi connectivity index (χ1n) is 17.9. The molecule has 2 aromatic carbocycles. The quantitative estimate of drug-likeness (QED) is 0.151. The van der Waals surface area contributed by atoms with E-state index in [1.807, 2.05) is 32.0 Å². The Morgan fingerprint density at radius 2 is 1.94 bits per heavy atom. The van der Waals surface area contributed by atoms with E-state index in [4.69, 9.17) is 25.9 Å². The van der Waals surface area contributed by atoms with Crippen molar-refractivity contribution >= 4 is 40.5 Å². The van der Waals surface area contributed by atoms with Crippen LogP contribution in [-0.2, 0) is 31.7 Å². The number of aryl methyl sites for hydroxylation is 1. The van der Waals surface area contributed by atoms with Gasteiger partial charge in [-0.1, -0.05) is 63.1 Å². The van der Waals surface area contributed by atoms with Gasteiger partial charge in [-0.3, -0.25) is 9.52 Å². The normalized spacial score (nSPS) is 20.1. The summed E-state index contributed by atoms with van der Waals surface area (Å²) in [5.74, 6) is 0.929. The van der Waals surface area contributed by atoms with Crippen LogP contribution >= 0.6 is 11.6 Å². The van der Waals surface area contributed by atoms with Crippen molar-refractivity contribution < 1.29 is 28.4 Å². The van der Waals surface area contributed by atoms with E-state index in [1.165, 1.54) is 24.3 Å². The highest BCUT2D eigenvalue weighted by Gasteiger charge is 2.39. The van der Waals surface area contributed by atoms with Crippen LogP contribution in [0.2, 0.25) is 5.02 Å². The number of carbonyl (C=O) groups excluding carboxylic acids is 2. The molecule has 0 bridgehead atoms. The molecule has 0 saturated heterocycles. The molecular formula is C39H60ClN3O6S. The fraction of sp³-hybridized carbons (Fsp3) is 0.590. The second-order valence-electron chi connectivity index (χ2n) is 12.9. The molecule has 0 aromatic heterocycles. The number of carbonyl (C=O) groups is 2. The number of halogens is 1. The lowest BCUT2D eigenvalue weighted by Crippen LogP contribution is -2.44. The van der Waals surface area contributed by atoms with Crippen LogP contribution in [0.4, 0.5) is 5.69 Å². The number of nitrogens with zero attached hydrogens (tertiary/aromatic N) is 2. The molecule has 50 heavy (non-hydrogen) atoms. The van der Waals surface area contributed by atoms with Gasteiger partial charge in [-0.05, 0) is 106 Å². The number of fused-ring (bicyclic) bond motifs is 1. The minimum Gasteiger partial charge on any atom is -0.491 e. The third kappa shape index (κ3) is 13.1. The Hall–Kier alpha value is -2.76. The van der Waals surface area contributed by atoms with Crippen molar-refractivity contribution in [2.24, 2.45) is 11.8 Å².